The van der Waals surface area contributed by atoms with Crippen LogP contribution in [-0.2, 0) is 17.6 Å². The van der Waals surface area contributed by atoms with Gasteiger partial charge in [-0.05, 0) is 48.2 Å². The molecular weight excluding hydrogens is 305 g/mol. The molecule has 2 rings (SSSR count). The van der Waals surface area contributed by atoms with Crippen molar-refractivity contribution in [3.63, 3.8) is 0 Å². The summed E-state index contributed by atoms with van der Waals surface area (Å²) in [7, 11) is 0. The predicted molar refractivity (Wildman–Crippen MR) is 89.2 cm³/mol. The third-order valence-corrected chi connectivity index (χ3v) is 4.01. The molecule has 0 radical (unpaired) electrons. The molecule has 4 heteroatoms. The second-order valence-electron chi connectivity index (χ2n) is 4.85. The number of carbonyl (C=O) groups is 1. The molecule has 0 aliphatic carbocycles. The Bertz CT molecular complexity index is 623. The fourth-order valence-corrected chi connectivity index (χ4v) is 2.32. The van der Waals surface area contributed by atoms with Crippen LogP contribution in [0.4, 0.5) is 5.69 Å². The van der Waals surface area contributed by atoms with Crippen LogP contribution in [0.5, 0.6) is 0 Å². The van der Waals surface area contributed by atoms with E-state index in [2.05, 4.69) is 12.2 Å². The first kappa shape index (κ1) is 15.9. The number of benzene rings is 2. The maximum atomic E-state index is 11.9. The van der Waals surface area contributed by atoms with Crippen LogP contribution in [-0.4, -0.2) is 5.91 Å². The first-order valence-corrected chi connectivity index (χ1v) is 7.67. The second kappa shape index (κ2) is 7.48. The van der Waals surface area contributed by atoms with Crippen LogP contribution in [0, 0.1) is 0 Å². The van der Waals surface area contributed by atoms with Gasteiger partial charge in [-0.3, -0.25) is 4.79 Å². The zero-order valence-corrected chi connectivity index (χ0v) is 13.3. The molecule has 0 bridgehead atoms. The van der Waals surface area contributed by atoms with E-state index in [4.69, 9.17) is 23.2 Å². The topological polar surface area (TPSA) is 29.1 Å². The molecule has 0 fully saturated rings. The highest BCUT2D eigenvalue weighted by molar-refractivity contribution is 6.42. The smallest absolute Gasteiger partial charge is 0.224 e. The molecule has 1 N–H and O–H groups in total. The Labute approximate surface area is 135 Å². The van der Waals surface area contributed by atoms with Crippen molar-refractivity contribution in [2.75, 3.05) is 5.32 Å². The van der Waals surface area contributed by atoms with Crippen molar-refractivity contribution in [2.45, 2.75) is 26.2 Å². The summed E-state index contributed by atoms with van der Waals surface area (Å²) in [5.74, 6) is -0.00896. The maximum Gasteiger partial charge on any atom is 0.224 e. The summed E-state index contributed by atoms with van der Waals surface area (Å²) in [5.41, 5.74) is 3.08. The Hall–Kier alpha value is -1.51. The van der Waals surface area contributed by atoms with E-state index in [9.17, 15) is 4.79 Å². The van der Waals surface area contributed by atoms with Crippen molar-refractivity contribution in [3.05, 3.63) is 63.6 Å². The van der Waals surface area contributed by atoms with E-state index in [-0.39, 0.29) is 5.91 Å². The standard InChI is InChI=1S/C17H17Cl2NO/c1-2-12-3-7-14(8-4-12)20-17(21)10-6-13-5-9-15(18)16(19)11-13/h3-5,7-9,11H,2,6,10H2,1H3,(H,20,21). The zero-order valence-electron chi connectivity index (χ0n) is 11.8. The Morgan fingerprint density at radius 2 is 1.67 bits per heavy atom. The summed E-state index contributed by atoms with van der Waals surface area (Å²) in [6, 6.07) is 13.3. The van der Waals surface area contributed by atoms with Crippen molar-refractivity contribution >= 4 is 34.8 Å². The van der Waals surface area contributed by atoms with Crippen molar-refractivity contribution < 1.29 is 4.79 Å². The SMILES string of the molecule is CCc1ccc(NC(=O)CCc2ccc(Cl)c(Cl)c2)cc1. The molecule has 0 aromatic heterocycles. The summed E-state index contributed by atoms with van der Waals surface area (Å²) in [6.07, 6.45) is 2.04. The average Bonchev–Trinajstić information content (AvgIpc) is 2.49. The van der Waals surface area contributed by atoms with Crippen LogP contribution in [0.2, 0.25) is 10.0 Å². The van der Waals surface area contributed by atoms with E-state index in [1.165, 1.54) is 5.56 Å². The zero-order chi connectivity index (χ0) is 15.2. The Morgan fingerprint density at radius 1 is 1.00 bits per heavy atom. The number of rotatable bonds is 5. The number of halogens is 2. The molecule has 0 atom stereocenters. The van der Waals surface area contributed by atoms with E-state index in [0.717, 1.165) is 17.7 Å². The molecule has 0 saturated carbocycles. The van der Waals surface area contributed by atoms with Gasteiger partial charge in [0.2, 0.25) is 5.91 Å². The Kier molecular flexibility index (Phi) is 5.66. The lowest BCUT2D eigenvalue weighted by atomic mass is 10.1. The molecule has 0 heterocycles. The van der Waals surface area contributed by atoms with Gasteiger partial charge in [-0.2, -0.15) is 0 Å². The summed E-state index contributed by atoms with van der Waals surface area (Å²) >= 11 is 11.8. The van der Waals surface area contributed by atoms with Gasteiger partial charge >= 0.3 is 0 Å². The number of anilines is 1. The average molecular weight is 322 g/mol. The molecular formula is C17H17Cl2NO. The Morgan fingerprint density at radius 3 is 2.29 bits per heavy atom. The van der Waals surface area contributed by atoms with Gasteiger partial charge in [-0.25, -0.2) is 0 Å². The van der Waals surface area contributed by atoms with Crippen LogP contribution in [0.3, 0.4) is 0 Å². The van der Waals surface area contributed by atoms with Crippen molar-refractivity contribution in [1.29, 1.82) is 0 Å². The van der Waals surface area contributed by atoms with Gasteiger partial charge in [-0.15, -0.1) is 0 Å². The number of hydrogen-bond donors (Lipinski definition) is 1. The highest BCUT2D eigenvalue weighted by Crippen LogP contribution is 2.23. The van der Waals surface area contributed by atoms with Gasteiger partial charge < -0.3 is 5.32 Å². The quantitative estimate of drug-likeness (QED) is 0.812. The molecule has 0 spiro atoms. The number of amides is 1. The first-order chi connectivity index (χ1) is 10.1. The van der Waals surface area contributed by atoms with Gasteiger partial charge in [-0.1, -0.05) is 48.3 Å². The molecule has 2 nitrogen and oxygen atoms in total. The van der Waals surface area contributed by atoms with Crippen molar-refractivity contribution in [1.82, 2.24) is 0 Å². The molecule has 2 aromatic carbocycles. The molecule has 21 heavy (non-hydrogen) atoms. The van der Waals surface area contributed by atoms with Crippen LogP contribution < -0.4 is 5.32 Å². The lowest BCUT2D eigenvalue weighted by Gasteiger charge is -2.07. The van der Waals surface area contributed by atoms with Crippen molar-refractivity contribution in [2.24, 2.45) is 0 Å². The number of carbonyl (C=O) groups excluding carboxylic acids is 1. The number of nitrogens with one attached hydrogen (secondary N) is 1. The third-order valence-electron chi connectivity index (χ3n) is 3.27. The normalized spacial score (nSPS) is 10.4. The van der Waals surface area contributed by atoms with Gasteiger partial charge in [0.25, 0.3) is 0 Å². The molecule has 1 amide bonds. The predicted octanol–water partition coefficient (Wildman–Crippen LogP) is 5.13. The van der Waals surface area contributed by atoms with Crippen LogP contribution in [0.25, 0.3) is 0 Å². The Balaban J connectivity index is 1.87. The highest BCUT2D eigenvalue weighted by atomic mass is 35.5. The lowest BCUT2D eigenvalue weighted by molar-refractivity contribution is -0.116. The van der Waals surface area contributed by atoms with Gasteiger partial charge in [0.05, 0.1) is 10.0 Å². The minimum Gasteiger partial charge on any atom is -0.326 e. The summed E-state index contributed by atoms with van der Waals surface area (Å²) < 4.78 is 0. The van der Waals surface area contributed by atoms with Gasteiger partial charge in [0.15, 0.2) is 0 Å². The van der Waals surface area contributed by atoms with E-state index >= 15 is 0 Å². The summed E-state index contributed by atoms with van der Waals surface area (Å²) in [6.45, 7) is 2.10. The van der Waals surface area contributed by atoms with Crippen molar-refractivity contribution in [3.8, 4) is 0 Å². The molecule has 0 saturated heterocycles. The lowest BCUT2D eigenvalue weighted by Crippen LogP contribution is -2.12. The molecule has 2 aromatic rings. The molecule has 0 aliphatic rings. The van der Waals surface area contributed by atoms with Crippen LogP contribution in [0.1, 0.15) is 24.5 Å². The third kappa shape index (κ3) is 4.76. The van der Waals surface area contributed by atoms with Gasteiger partial charge in [0.1, 0.15) is 0 Å². The first-order valence-electron chi connectivity index (χ1n) is 6.91. The fourth-order valence-electron chi connectivity index (χ4n) is 2.00. The molecule has 110 valence electrons. The highest BCUT2D eigenvalue weighted by Gasteiger charge is 2.05. The maximum absolute atomic E-state index is 11.9. The molecule has 0 aliphatic heterocycles. The van der Waals surface area contributed by atoms with Crippen LogP contribution >= 0.6 is 23.2 Å². The summed E-state index contributed by atoms with van der Waals surface area (Å²) in [4.78, 5) is 11.9. The van der Waals surface area contributed by atoms with E-state index in [1.54, 1.807) is 12.1 Å². The minimum atomic E-state index is -0.00896. The number of hydrogen-bond acceptors (Lipinski definition) is 1. The fraction of sp³-hybridized carbons (Fsp3) is 0.235. The van der Waals surface area contributed by atoms with Gasteiger partial charge in [0, 0.05) is 12.1 Å². The second-order valence-corrected chi connectivity index (χ2v) is 5.66. The van der Waals surface area contributed by atoms with E-state index in [1.807, 2.05) is 30.3 Å². The number of aryl methyl sites for hydroxylation is 2. The van der Waals surface area contributed by atoms with E-state index in [0.29, 0.717) is 22.9 Å². The van der Waals surface area contributed by atoms with Crippen LogP contribution in [0.15, 0.2) is 42.5 Å². The monoisotopic (exact) mass is 321 g/mol. The summed E-state index contributed by atoms with van der Waals surface area (Å²) in [5, 5.41) is 3.94. The largest absolute Gasteiger partial charge is 0.326 e. The minimum absolute atomic E-state index is 0.00896. The molecule has 0 unspecified atom stereocenters. The van der Waals surface area contributed by atoms with E-state index < -0.39 is 0 Å².